The molecule has 0 N–H and O–H groups in total. The van der Waals surface area contributed by atoms with Gasteiger partial charge >= 0.3 is 0 Å². The van der Waals surface area contributed by atoms with Crippen molar-refractivity contribution in [3.05, 3.63) is 287 Å². The first-order valence-electron chi connectivity index (χ1n) is 23.8. The van der Waals surface area contributed by atoms with Crippen LogP contribution in [-0.4, -0.2) is 0 Å². The highest BCUT2D eigenvalue weighted by Gasteiger charge is 2.49. The van der Waals surface area contributed by atoms with Gasteiger partial charge in [-0.1, -0.05) is 209 Å². The average molecular weight is 854 g/mol. The third-order valence-electron chi connectivity index (χ3n) is 14.8. The summed E-state index contributed by atoms with van der Waals surface area (Å²) in [6.07, 6.45) is 33.3. The van der Waals surface area contributed by atoms with Crippen LogP contribution in [0.1, 0.15) is 92.3 Å². The maximum atomic E-state index is 4.08. The molecule has 0 saturated carbocycles. The Morgan fingerprint density at radius 3 is 1.91 bits per heavy atom. The summed E-state index contributed by atoms with van der Waals surface area (Å²) in [6, 6.07) is 55.2. The smallest absolute Gasteiger partial charge is 0.0714 e. The van der Waals surface area contributed by atoms with Gasteiger partial charge in [0.1, 0.15) is 0 Å². The lowest BCUT2D eigenvalue weighted by Crippen LogP contribution is -2.31. The lowest BCUT2D eigenvalue weighted by molar-refractivity contribution is 0.506. The van der Waals surface area contributed by atoms with Crippen LogP contribution in [0.3, 0.4) is 0 Å². The lowest BCUT2D eigenvalue weighted by atomic mass is 9.65. The van der Waals surface area contributed by atoms with Crippen molar-refractivity contribution < 1.29 is 0 Å². The summed E-state index contributed by atoms with van der Waals surface area (Å²) in [5, 5.41) is 0. The van der Waals surface area contributed by atoms with E-state index in [0.717, 1.165) is 42.7 Å². The van der Waals surface area contributed by atoms with Gasteiger partial charge in [-0.05, 0) is 147 Å². The first kappa shape index (κ1) is 42.7. The maximum Gasteiger partial charge on any atom is 0.0714 e. The number of anilines is 3. The van der Waals surface area contributed by atoms with Gasteiger partial charge in [-0.15, -0.1) is 6.58 Å². The largest absolute Gasteiger partial charge is 0.310 e. The van der Waals surface area contributed by atoms with Crippen LogP contribution in [0.15, 0.2) is 248 Å². The van der Waals surface area contributed by atoms with Gasteiger partial charge in [0.25, 0.3) is 0 Å². The number of hydrogen-bond donors (Lipinski definition) is 0. The Balaban J connectivity index is 1.25. The first-order valence-corrected chi connectivity index (χ1v) is 23.8. The van der Waals surface area contributed by atoms with E-state index in [1.807, 2.05) is 6.08 Å². The van der Waals surface area contributed by atoms with Crippen LogP contribution in [-0.2, 0) is 16.2 Å². The van der Waals surface area contributed by atoms with E-state index in [0.29, 0.717) is 0 Å². The third-order valence-corrected chi connectivity index (χ3v) is 14.8. The Morgan fingerprint density at radius 2 is 1.21 bits per heavy atom. The van der Waals surface area contributed by atoms with Gasteiger partial charge in [-0.2, -0.15) is 0 Å². The highest BCUT2D eigenvalue weighted by atomic mass is 15.1. The van der Waals surface area contributed by atoms with Crippen molar-refractivity contribution in [1.29, 1.82) is 0 Å². The molecule has 0 fully saturated rings. The fourth-order valence-electron chi connectivity index (χ4n) is 11.2. The zero-order valence-corrected chi connectivity index (χ0v) is 38.8. The zero-order chi connectivity index (χ0) is 45.3. The SMILES string of the molecule is C=CC/C=C\C1=C(C)c2ccc(N(c3ccc(C(C)(C)CC)cc3)c3ccc4c(c3)C(c3ccccc3)(c3ccccc3)c3ccccc3-4)cc2C1(C1=CC=CCC=C1)C1=CCC=CC=C1. The Kier molecular flexibility index (Phi) is 11.4. The molecule has 0 saturated heterocycles. The molecule has 0 radical (unpaired) electrons. The van der Waals surface area contributed by atoms with Gasteiger partial charge in [0.15, 0.2) is 0 Å². The Hall–Kier alpha value is -7.22. The molecule has 0 amide bonds. The van der Waals surface area contributed by atoms with E-state index in [1.54, 1.807) is 0 Å². The van der Waals surface area contributed by atoms with Crippen molar-refractivity contribution in [2.75, 3.05) is 4.90 Å². The molecular weight excluding hydrogens is 795 g/mol. The number of hydrogen-bond acceptors (Lipinski definition) is 1. The van der Waals surface area contributed by atoms with Crippen LogP contribution in [0.5, 0.6) is 0 Å². The number of allylic oxidation sites excluding steroid dienone is 17. The van der Waals surface area contributed by atoms with Crippen molar-refractivity contribution >= 4 is 22.6 Å². The van der Waals surface area contributed by atoms with E-state index >= 15 is 0 Å². The normalized spacial score (nSPS) is 18.1. The number of fused-ring (bicyclic) bond motifs is 4. The van der Waals surface area contributed by atoms with Crippen LogP contribution >= 0.6 is 0 Å². The minimum absolute atomic E-state index is 0.0583. The van der Waals surface area contributed by atoms with E-state index in [1.165, 1.54) is 72.4 Å². The summed E-state index contributed by atoms with van der Waals surface area (Å²) in [5.74, 6) is 0. The summed E-state index contributed by atoms with van der Waals surface area (Å²) < 4.78 is 0. The molecule has 6 aromatic rings. The van der Waals surface area contributed by atoms with Crippen LogP contribution in [0.4, 0.5) is 17.1 Å². The molecule has 0 bridgehead atoms. The monoisotopic (exact) mass is 853 g/mol. The van der Waals surface area contributed by atoms with Crippen LogP contribution in [0.2, 0.25) is 0 Å². The molecule has 6 aromatic carbocycles. The van der Waals surface area contributed by atoms with E-state index in [-0.39, 0.29) is 5.41 Å². The fourth-order valence-corrected chi connectivity index (χ4v) is 11.2. The van der Waals surface area contributed by atoms with Gasteiger partial charge in [-0.25, -0.2) is 0 Å². The van der Waals surface area contributed by atoms with E-state index < -0.39 is 10.8 Å². The van der Waals surface area contributed by atoms with Gasteiger partial charge < -0.3 is 4.90 Å². The molecule has 66 heavy (non-hydrogen) atoms. The van der Waals surface area contributed by atoms with E-state index in [2.05, 4.69) is 258 Å². The number of rotatable bonds is 12. The Labute approximate surface area is 393 Å². The molecule has 0 aliphatic heterocycles. The number of benzene rings is 6. The highest BCUT2D eigenvalue weighted by Crippen LogP contribution is 2.60. The van der Waals surface area contributed by atoms with E-state index in [9.17, 15) is 0 Å². The van der Waals surface area contributed by atoms with Gasteiger partial charge in [-0.3, -0.25) is 0 Å². The summed E-state index contributed by atoms with van der Waals surface area (Å²) in [4.78, 5) is 2.51. The minimum atomic E-state index is -0.559. The molecule has 10 rings (SSSR count). The molecule has 324 valence electrons. The summed E-state index contributed by atoms with van der Waals surface area (Å²) in [7, 11) is 0. The molecule has 4 aliphatic rings. The maximum absolute atomic E-state index is 4.08. The summed E-state index contributed by atoms with van der Waals surface area (Å²) >= 11 is 0. The van der Waals surface area contributed by atoms with Crippen LogP contribution in [0, 0.1) is 0 Å². The fraction of sp³-hybridized carbons (Fsp3) is 0.169. The van der Waals surface area contributed by atoms with Crippen molar-refractivity contribution in [3.8, 4) is 11.1 Å². The molecule has 1 atom stereocenters. The molecule has 1 nitrogen and oxygen atoms in total. The quantitative estimate of drug-likeness (QED) is 0.111. The predicted molar refractivity (Wildman–Crippen MR) is 282 cm³/mol. The highest BCUT2D eigenvalue weighted by molar-refractivity contribution is 5.92. The summed E-state index contributed by atoms with van der Waals surface area (Å²) in [6.45, 7) is 13.4. The van der Waals surface area contributed by atoms with Crippen molar-refractivity contribution in [1.82, 2.24) is 0 Å². The number of nitrogens with zero attached hydrogens (tertiary/aromatic N) is 1. The predicted octanol–water partition coefficient (Wildman–Crippen LogP) is 17.2. The van der Waals surface area contributed by atoms with Gasteiger partial charge in [0, 0.05) is 17.1 Å². The van der Waals surface area contributed by atoms with E-state index in [4.69, 9.17) is 0 Å². The second-order valence-electron chi connectivity index (χ2n) is 18.7. The topological polar surface area (TPSA) is 3.24 Å². The third kappa shape index (κ3) is 6.92. The van der Waals surface area contributed by atoms with Gasteiger partial charge in [0.2, 0.25) is 0 Å². The second-order valence-corrected chi connectivity index (χ2v) is 18.7. The molecule has 0 heterocycles. The van der Waals surface area contributed by atoms with Crippen molar-refractivity contribution in [2.24, 2.45) is 0 Å². The summed E-state index contributed by atoms with van der Waals surface area (Å²) in [5.41, 5.74) is 19.1. The second kappa shape index (κ2) is 17.6. The van der Waals surface area contributed by atoms with Crippen molar-refractivity contribution in [2.45, 2.75) is 69.6 Å². The molecule has 0 spiro atoms. The molecule has 0 aromatic heterocycles. The minimum Gasteiger partial charge on any atom is -0.310 e. The average Bonchev–Trinajstić information content (AvgIpc) is 3.55. The first-order chi connectivity index (χ1) is 32.3. The standard InChI is InChI=1S/C65H59N/c1-6-8-15-35-59-47(3)56-43-41-54(45-61(56)64(59,49-26-16-9-10-17-27-49)50-28-18-11-12-19-29-50)66(53-39-37-48(38-40-53)63(4,5)7-2)55-42-44-58-57-34-24-25-36-60(57)65(62(58)46-55,51-30-20-13-21-31-51)52-32-22-14-23-33-52/h6,9-11,13-16,18-46H,1,7-8,12,17H2,2-5H3/b35-15-. The van der Waals surface area contributed by atoms with Crippen LogP contribution < -0.4 is 4.90 Å². The molecular formula is C65H59N. The lowest BCUT2D eigenvalue weighted by Gasteiger charge is -2.38. The Morgan fingerprint density at radius 1 is 0.591 bits per heavy atom. The zero-order valence-electron chi connectivity index (χ0n) is 38.8. The van der Waals surface area contributed by atoms with Crippen LogP contribution in [0.25, 0.3) is 16.7 Å². The molecule has 4 aliphatic carbocycles. The Bertz CT molecular complexity index is 3030. The molecule has 1 unspecified atom stereocenters. The van der Waals surface area contributed by atoms with Crippen molar-refractivity contribution in [3.63, 3.8) is 0 Å². The van der Waals surface area contributed by atoms with Gasteiger partial charge in [0.05, 0.1) is 10.8 Å². The molecule has 1 heteroatoms.